The molecule has 0 unspecified atom stereocenters. The maximum absolute atomic E-state index is 10.7. The summed E-state index contributed by atoms with van der Waals surface area (Å²) in [5.74, 6) is 0.370. The van der Waals surface area contributed by atoms with Crippen molar-refractivity contribution in [2.75, 3.05) is 5.32 Å². The van der Waals surface area contributed by atoms with E-state index in [9.17, 15) is 10.1 Å². The van der Waals surface area contributed by atoms with Crippen LogP contribution in [0, 0.1) is 21.4 Å². The van der Waals surface area contributed by atoms with Gasteiger partial charge in [-0.15, -0.1) is 0 Å². The normalized spacial score (nSPS) is 10.1. The van der Waals surface area contributed by atoms with Crippen LogP contribution in [0.15, 0.2) is 18.3 Å². The molecule has 0 bridgehead atoms. The number of anilines is 2. The summed E-state index contributed by atoms with van der Waals surface area (Å²) in [6, 6.07) is 4.45. The Bertz CT molecular complexity index is 700. The third kappa shape index (κ3) is 2.56. The molecule has 0 saturated carbocycles. The van der Waals surface area contributed by atoms with Crippen LogP contribution in [0.1, 0.15) is 18.3 Å². The first kappa shape index (κ1) is 13.5. The number of aryl methyl sites for hydroxylation is 2. The molecule has 0 spiro atoms. The van der Waals surface area contributed by atoms with Gasteiger partial charge >= 0.3 is 5.69 Å². The van der Waals surface area contributed by atoms with Gasteiger partial charge in [-0.25, -0.2) is 4.98 Å². The van der Waals surface area contributed by atoms with Crippen LogP contribution in [0.5, 0.6) is 0 Å². The van der Waals surface area contributed by atoms with Crippen molar-refractivity contribution in [1.29, 1.82) is 5.26 Å². The minimum Gasteiger partial charge on any atom is -0.337 e. The molecule has 8 nitrogen and oxygen atoms in total. The van der Waals surface area contributed by atoms with Crippen LogP contribution in [0.2, 0.25) is 0 Å². The van der Waals surface area contributed by atoms with Crippen molar-refractivity contribution in [2.45, 2.75) is 13.3 Å². The molecule has 2 heterocycles. The fourth-order valence-corrected chi connectivity index (χ4v) is 1.79. The van der Waals surface area contributed by atoms with E-state index in [2.05, 4.69) is 15.4 Å². The van der Waals surface area contributed by atoms with Crippen LogP contribution < -0.4 is 5.32 Å². The first-order valence-corrected chi connectivity index (χ1v) is 5.90. The fourth-order valence-electron chi connectivity index (χ4n) is 1.79. The molecule has 2 aromatic rings. The van der Waals surface area contributed by atoms with Gasteiger partial charge in [0.2, 0.25) is 5.69 Å². The second kappa shape index (κ2) is 5.36. The van der Waals surface area contributed by atoms with E-state index in [1.807, 2.05) is 6.92 Å². The Balaban J connectivity index is 2.35. The maximum Gasteiger partial charge on any atom is 0.305 e. The highest BCUT2D eigenvalue weighted by Gasteiger charge is 2.16. The van der Waals surface area contributed by atoms with Gasteiger partial charge in [-0.05, 0) is 12.5 Å². The molecule has 0 aliphatic rings. The van der Waals surface area contributed by atoms with Gasteiger partial charge < -0.3 is 5.32 Å². The van der Waals surface area contributed by atoms with Crippen molar-refractivity contribution in [3.63, 3.8) is 0 Å². The quantitative estimate of drug-likeness (QED) is 0.672. The molecular weight excluding hydrogens is 260 g/mol. The summed E-state index contributed by atoms with van der Waals surface area (Å²) in [6.45, 7) is 1.97. The van der Waals surface area contributed by atoms with Gasteiger partial charge in [0.15, 0.2) is 0 Å². The molecule has 8 heteroatoms. The van der Waals surface area contributed by atoms with Crippen molar-refractivity contribution in [1.82, 2.24) is 14.8 Å². The number of hydrogen-bond donors (Lipinski definition) is 1. The monoisotopic (exact) mass is 272 g/mol. The third-order valence-electron chi connectivity index (χ3n) is 2.68. The molecule has 2 rings (SSSR count). The molecule has 102 valence electrons. The lowest BCUT2D eigenvalue weighted by molar-refractivity contribution is -0.385. The molecule has 0 aliphatic heterocycles. The Morgan fingerprint density at radius 2 is 2.30 bits per heavy atom. The number of nitriles is 1. The summed E-state index contributed by atoms with van der Waals surface area (Å²) in [6.07, 6.45) is 2.52. The molecule has 2 aromatic heterocycles. The van der Waals surface area contributed by atoms with Gasteiger partial charge in [-0.1, -0.05) is 6.92 Å². The highest BCUT2D eigenvalue weighted by molar-refractivity contribution is 5.60. The van der Waals surface area contributed by atoms with Gasteiger partial charge in [0.1, 0.15) is 11.9 Å². The first-order chi connectivity index (χ1) is 9.55. The van der Waals surface area contributed by atoms with E-state index < -0.39 is 4.92 Å². The summed E-state index contributed by atoms with van der Waals surface area (Å²) < 4.78 is 1.66. The summed E-state index contributed by atoms with van der Waals surface area (Å²) in [7, 11) is 1.80. The summed E-state index contributed by atoms with van der Waals surface area (Å²) in [5, 5.41) is 26.9. The van der Waals surface area contributed by atoms with Crippen molar-refractivity contribution in [3.8, 4) is 6.07 Å². The van der Waals surface area contributed by atoms with Crippen LogP contribution in [0.3, 0.4) is 0 Å². The molecule has 0 aromatic carbocycles. The Morgan fingerprint density at radius 3 is 2.90 bits per heavy atom. The van der Waals surface area contributed by atoms with E-state index >= 15 is 0 Å². The average Bonchev–Trinajstić information content (AvgIpc) is 2.78. The van der Waals surface area contributed by atoms with E-state index in [4.69, 9.17) is 5.26 Å². The summed E-state index contributed by atoms with van der Waals surface area (Å²) >= 11 is 0. The predicted molar refractivity (Wildman–Crippen MR) is 71.5 cm³/mol. The maximum atomic E-state index is 10.7. The zero-order chi connectivity index (χ0) is 14.7. The minimum atomic E-state index is -0.628. The van der Waals surface area contributed by atoms with E-state index in [1.165, 1.54) is 12.1 Å². The fraction of sp³-hybridized carbons (Fsp3) is 0.250. The second-order valence-corrected chi connectivity index (χ2v) is 4.07. The Kier molecular flexibility index (Phi) is 3.61. The lowest BCUT2D eigenvalue weighted by Crippen LogP contribution is -2.00. The van der Waals surface area contributed by atoms with Crippen LogP contribution >= 0.6 is 0 Å². The SMILES string of the molecule is CCc1nn(C)cc1Nc1ccc([N+](=O)[O-])c(C#N)n1. The van der Waals surface area contributed by atoms with Crippen LogP contribution in [0.25, 0.3) is 0 Å². The van der Waals surface area contributed by atoms with Crippen LogP contribution in [0.4, 0.5) is 17.2 Å². The molecule has 0 atom stereocenters. The highest BCUT2D eigenvalue weighted by Crippen LogP contribution is 2.22. The Morgan fingerprint density at radius 1 is 1.55 bits per heavy atom. The van der Waals surface area contributed by atoms with E-state index in [1.54, 1.807) is 24.0 Å². The number of nitrogens with one attached hydrogen (secondary N) is 1. The molecule has 0 amide bonds. The average molecular weight is 272 g/mol. The second-order valence-electron chi connectivity index (χ2n) is 4.07. The van der Waals surface area contributed by atoms with Crippen molar-refractivity contribution < 1.29 is 4.92 Å². The van der Waals surface area contributed by atoms with Crippen LogP contribution in [-0.4, -0.2) is 19.7 Å². The van der Waals surface area contributed by atoms with Crippen LogP contribution in [-0.2, 0) is 13.5 Å². The number of rotatable bonds is 4. The molecule has 0 aliphatic carbocycles. The van der Waals surface area contributed by atoms with Crippen molar-refractivity contribution in [3.05, 3.63) is 39.8 Å². The van der Waals surface area contributed by atoms with Gasteiger partial charge in [-0.3, -0.25) is 14.8 Å². The van der Waals surface area contributed by atoms with Gasteiger partial charge in [0.25, 0.3) is 0 Å². The van der Waals surface area contributed by atoms with Crippen molar-refractivity contribution in [2.24, 2.45) is 7.05 Å². The minimum absolute atomic E-state index is 0.220. The summed E-state index contributed by atoms with van der Waals surface area (Å²) in [4.78, 5) is 14.0. The lowest BCUT2D eigenvalue weighted by atomic mass is 10.3. The first-order valence-electron chi connectivity index (χ1n) is 5.90. The predicted octanol–water partition coefficient (Wildman–Crippen LogP) is 1.90. The largest absolute Gasteiger partial charge is 0.337 e. The Labute approximate surface area is 114 Å². The topological polar surface area (TPSA) is 110 Å². The van der Waals surface area contributed by atoms with Crippen molar-refractivity contribution >= 4 is 17.2 Å². The molecular formula is C12H12N6O2. The number of pyridine rings is 1. The number of nitrogens with zero attached hydrogens (tertiary/aromatic N) is 5. The van der Waals surface area contributed by atoms with E-state index in [0.717, 1.165) is 17.8 Å². The number of aromatic nitrogens is 3. The standard InChI is InChI=1S/C12H12N6O2/c1-3-8-10(7-17(2)16-8)15-12-5-4-11(18(19)20)9(6-13)14-12/h4-5,7H,3H2,1-2H3,(H,14,15). The molecule has 0 fully saturated rings. The highest BCUT2D eigenvalue weighted by atomic mass is 16.6. The molecule has 1 N–H and O–H groups in total. The third-order valence-corrected chi connectivity index (χ3v) is 2.68. The molecule has 0 saturated heterocycles. The zero-order valence-electron chi connectivity index (χ0n) is 11.0. The smallest absolute Gasteiger partial charge is 0.305 e. The summed E-state index contributed by atoms with van der Waals surface area (Å²) in [5.41, 5.74) is 1.09. The van der Waals surface area contributed by atoms with E-state index in [-0.39, 0.29) is 11.4 Å². The Hall–Kier alpha value is -2.95. The molecule has 0 radical (unpaired) electrons. The molecule has 20 heavy (non-hydrogen) atoms. The van der Waals surface area contributed by atoms with Gasteiger partial charge in [0.05, 0.1) is 16.3 Å². The van der Waals surface area contributed by atoms with Gasteiger partial charge in [-0.2, -0.15) is 10.4 Å². The zero-order valence-corrected chi connectivity index (χ0v) is 11.0. The number of nitro groups is 1. The number of hydrogen-bond acceptors (Lipinski definition) is 6. The van der Waals surface area contributed by atoms with E-state index in [0.29, 0.717) is 5.82 Å². The lowest BCUT2D eigenvalue weighted by Gasteiger charge is -2.04. The van der Waals surface area contributed by atoms with Gasteiger partial charge in [0, 0.05) is 19.3 Å².